The molecule has 0 saturated carbocycles. The van der Waals surface area contributed by atoms with Gasteiger partial charge in [-0.3, -0.25) is 0 Å². The van der Waals surface area contributed by atoms with Gasteiger partial charge in [0, 0.05) is 0 Å². The fourth-order valence-electron chi connectivity index (χ4n) is 2.09. The summed E-state index contributed by atoms with van der Waals surface area (Å²) in [4.78, 5) is 0. The second-order valence-corrected chi connectivity index (χ2v) is 5.52. The fraction of sp³-hybridized carbons (Fsp3) is 0.444. The number of hydrogen-bond acceptors (Lipinski definition) is 1. The predicted octanol–water partition coefficient (Wildman–Crippen LogP) is 5.16. The molecule has 0 spiro atoms. The van der Waals surface area contributed by atoms with Crippen LogP contribution in [0.5, 0.6) is 0 Å². The minimum absolute atomic E-state index is 0.242. The van der Waals surface area contributed by atoms with E-state index in [1.165, 1.54) is 16.7 Å². The summed E-state index contributed by atoms with van der Waals surface area (Å²) < 4.78 is 6.04. The van der Waals surface area contributed by atoms with Gasteiger partial charge < -0.3 is 4.74 Å². The maximum Gasteiger partial charge on any atom is 0.0910 e. The molecule has 1 atom stereocenters. The molecule has 1 nitrogen and oxygen atoms in total. The zero-order chi connectivity index (χ0) is 14.3. The van der Waals surface area contributed by atoms with E-state index < -0.39 is 0 Å². The van der Waals surface area contributed by atoms with Crippen molar-refractivity contribution >= 4 is 0 Å². The monoisotopic (exact) mass is 258 g/mol. The summed E-state index contributed by atoms with van der Waals surface area (Å²) in [6.45, 7) is 12.9. The normalized spacial score (nSPS) is 13.7. The molecule has 104 valence electrons. The van der Waals surface area contributed by atoms with E-state index in [0.29, 0.717) is 6.61 Å². The van der Waals surface area contributed by atoms with Gasteiger partial charge in [-0.15, -0.1) is 6.58 Å². The first kappa shape index (κ1) is 15.7. The molecule has 0 aliphatic rings. The van der Waals surface area contributed by atoms with Crippen LogP contribution in [0.1, 0.15) is 44.7 Å². The summed E-state index contributed by atoms with van der Waals surface area (Å²) >= 11 is 0. The van der Waals surface area contributed by atoms with Gasteiger partial charge in [0.25, 0.3) is 0 Å². The third kappa shape index (κ3) is 5.04. The first-order valence-electron chi connectivity index (χ1n) is 6.93. The van der Waals surface area contributed by atoms with Crippen LogP contribution in [0, 0.1) is 6.92 Å². The highest BCUT2D eigenvalue weighted by Crippen LogP contribution is 2.31. The van der Waals surface area contributed by atoms with E-state index in [2.05, 4.69) is 64.6 Å². The molecule has 0 fully saturated rings. The van der Waals surface area contributed by atoms with Crippen molar-refractivity contribution in [3.63, 3.8) is 0 Å². The average molecular weight is 258 g/mol. The van der Waals surface area contributed by atoms with E-state index in [4.69, 9.17) is 4.74 Å². The van der Waals surface area contributed by atoms with Crippen LogP contribution in [0.25, 0.3) is 0 Å². The molecule has 0 N–H and O–H groups in total. The average Bonchev–Trinajstić information content (AvgIpc) is 2.36. The van der Waals surface area contributed by atoms with Crippen molar-refractivity contribution in [3.8, 4) is 0 Å². The lowest BCUT2D eigenvalue weighted by Gasteiger charge is -2.30. The molecule has 1 rings (SSSR count). The Hall–Kier alpha value is -1.34. The van der Waals surface area contributed by atoms with Gasteiger partial charge in [0.1, 0.15) is 0 Å². The largest absolute Gasteiger partial charge is 0.367 e. The maximum absolute atomic E-state index is 6.04. The lowest BCUT2D eigenvalue weighted by molar-refractivity contribution is -0.0266. The Kier molecular flexibility index (Phi) is 6.04. The van der Waals surface area contributed by atoms with Crippen molar-refractivity contribution in [2.24, 2.45) is 0 Å². The first-order chi connectivity index (χ1) is 8.98. The number of rotatable bonds is 7. The van der Waals surface area contributed by atoms with Crippen LogP contribution in [0.3, 0.4) is 0 Å². The number of ether oxygens (including phenoxy) is 1. The molecule has 19 heavy (non-hydrogen) atoms. The van der Waals surface area contributed by atoms with Crippen molar-refractivity contribution in [3.05, 3.63) is 59.7 Å². The number of aryl methyl sites for hydroxylation is 1. The van der Waals surface area contributed by atoms with E-state index in [9.17, 15) is 0 Å². The highest BCUT2D eigenvalue weighted by atomic mass is 16.5. The van der Waals surface area contributed by atoms with E-state index in [1.54, 1.807) is 0 Å². The Morgan fingerprint density at radius 3 is 2.42 bits per heavy atom. The lowest BCUT2D eigenvalue weighted by Crippen LogP contribution is -2.26. The molecular formula is C18H26O. The lowest BCUT2D eigenvalue weighted by atomic mass is 9.90. The number of hydrogen-bond donors (Lipinski definition) is 0. The summed E-state index contributed by atoms with van der Waals surface area (Å²) in [5.41, 5.74) is 3.63. The van der Waals surface area contributed by atoms with Crippen molar-refractivity contribution in [2.45, 2.75) is 46.1 Å². The molecule has 0 saturated heterocycles. The molecule has 1 heteroatoms. The van der Waals surface area contributed by atoms with E-state index in [0.717, 1.165) is 12.8 Å². The van der Waals surface area contributed by atoms with Crippen LogP contribution in [0.2, 0.25) is 0 Å². The van der Waals surface area contributed by atoms with Crippen molar-refractivity contribution in [2.75, 3.05) is 6.61 Å². The summed E-state index contributed by atoms with van der Waals surface area (Å²) in [6, 6.07) is 8.62. The van der Waals surface area contributed by atoms with Gasteiger partial charge in [0.15, 0.2) is 0 Å². The zero-order valence-corrected chi connectivity index (χ0v) is 12.7. The molecule has 0 aromatic heterocycles. The molecule has 0 aliphatic carbocycles. The van der Waals surface area contributed by atoms with Gasteiger partial charge in [0.2, 0.25) is 0 Å². The minimum Gasteiger partial charge on any atom is -0.367 e. The highest BCUT2D eigenvalue weighted by Gasteiger charge is 2.26. The summed E-state index contributed by atoms with van der Waals surface area (Å²) in [6.07, 6.45) is 6.09. The van der Waals surface area contributed by atoms with Crippen molar-refractivity contribution < 1.29 is 4.74 Å². The summed E-state index contributed by atoms with van der Waals surface area (Å²) in [5.74, 6) is 0. The van der Waals surface area contributed by atoms with Crippen molar-refractivity contribution in [1.29, 1.82) is 0 Å². The highest BCUT2D eigenvalue weighted by molar-refractivity contribution is 5.26. The predicted molar refractivity (Wildman–Crippen MR) is 83.3 cm³/mol. The SMILES string of the molecule is C=CCO[C@](C)(CCC=C(C)C)c1ccc(C)cc1. The van der Waals surface area contributed by atoms with Gasteiger partial charge in [-0.05, 0) is 46.1 Å². The Bertz CT molecular complexity index is 424. The molecule has 0 bridgehead atoms. The van der Waals surface area contributed by atoms with E-state index >= 15 is 0 Å². The molecule has 1 aromatic rings. The van der Waals surface area contributed by atoms with Gasteiger partial charge in [-0.1, -0.05) is 47.6 Å². The minimum atomic E-state index is -0.242. The molecule has 0 heterocycles. The quantitative estimate of drug-likeness (QED) is 0.614. The number of benzene rings is 1. The van der Waals surface area contributed by atoms with Gasteiger partial charge in [-0.25, -0.2) is 0 Å². The van der Waals surface area contributed by atoms with Crippen LogP contribution >= 0.6 is 0 Å². The van der Waals surface area contributed by atoms with Crippen LogP contribution < -0.4 is 0 Å². The smallest absolute Gasteiger partial charge is 0.0910 e. The maximum atomic E-state index is 6.04. The molecule has 0 aliphatic heterocycles. The van der Waals surface area contributed by atoms with Crippen molar-refractivity contribution in [1.82, 2.24) is 0 Å². The van der Waals surface area contributed by atoms with Crippen LogP contribution in [0.4, 0.5) is 0 Å². The second kappa shape index (κ2) is 7.30. The van der Waals surface area contributed by atoms with Crippen LogP contribution in [0.15, 0.2) is 48.6 Å². The second-order valence-electron chi connectivity index (χ2n) is 5.52. The molecule has 0 radical (unpaired) electrons. The third-order valence-electron chi connectivity index (χ3n) is 3.36. The van der Waals surface area contributed by atoms with Crippen LogP contribution in [-0.4, -0.2) is 6.61 Å². The van der Waals surface area contributed by atoms with Gasteiger partial charge >= 0.3 is 0 Å². The Morgan fingerprint density at radius 1 is 1.26 bits per heavy atom. The molecule has 1 aromatic carbocycles. The van der Waals surface area contributed by atoms with E-state index in [-0.39, 0.29) is 5.60 Å². The number of allylic oxidation sites excluding steroid dienone is 2. The molecule has 0 amide bonds. The summed E-state index contributed by atoms with van der Waals surface area (Å²) in [5, 5.41) is 0. The standard InChI is InChI=1S/C18H26O/c1-6-14-19-18(5,13-7-8-15(2)3)17-11-9-16(4)10-12-17/h6,8-12H,1,7,13-14H2,2-5H3/t18-/m1/s1. The Labute approximate surface area is 118 Å². The topological polar surface area (TPSA) is 9.23 Å². The Balaban J connectivity index is 2.87. The zero-order valence-electron chi connectivity index (χ0n) is 12.7. The Morgan fingerprint density at radius 2 is 1.89 bits per heavy atom. The fourth-order valence-corrected chi connectivity index (χ4v) is 2.09. The third-order valence-corrected chi connectivity index (χ3v) is 3.36. The van der Waals surface area contributed by atoms with Gasteiger partial charge in [-0.2, -0.15) is 0 Å². The first-order valence-corrected chi connectivity index (χ1v) is 6.93. The molecule has 0 unspecified atom stereocenters. The molecular weight excluding hydrogens is 232 g/mol. The van der Waals surface area contributed by atoms with Gasteiger partial charge in [0.05, 0.1) is 12.2 Å². The summed E-state index contributed by atoms with van der Waals surface area (Å²) in [7, 11) is 0. The van der Waals surface area contributed by atoms with Crippen LogP contribution in [-0.2, 0) is 10.3 Å². The van der Waals surface area contributed by atoms with E-state index in [1.807, 2.05) is 6.08 Å².